The molecule has 0 radical (unpaired) electrons. The number of fused-ring (bicyclic) bond motifs is 1. The number of aliphatic hydroxyl groups is 1. The van der Waals surface area contributed by atoms with Crippen molar-refractivity contribution in [1.82, 2.24) is 10.1 Å². The van der Waals surface area contributed by atoms with Crippen molar-refractivity contribution in [2.45, 2.75) is 6.92 Å². The zero-order chi connectivity index (χ0) is 22.4. The average Bonchev–Trinajstić information content (AvgIpc) is 3.35. The van der Waals surface area contributed by atoms with Gasteiger partial charge in [-0.1, -0.05) is 28.9 Å². The number of aryl methyl sites for hydroxylation is 1. The Morgan fingerprint density at radius 3 is 2.42 bits per heavy atom. The first kappa shape index (κ1) is 23.2. The number of nitrogens with zero attached hydrogens (tertiary/aromatic N) is 3. The number of piperazine rings is 1. The number of halogens is 2. The molecule has 0 aliphatic carbocycles. The second kappa shape index (κ2) is 9.09. The molecule has 3 aromatic rings. The lowest BCUT2D eigenvalue weighted by atomic mass is 9.98. The number of amides is 1. The molecule has 7 nitrogen and oxygen atoms in total. The van der Waals surface area contributed by atoms with Crippen LogP contribution in [-0.2, 0) is 4.79 Å². The molecule has 1 aromatic heterocycles. The van der Waals surface area contributed by atoms with Gasteiger partial charge in [0.05, 0.1) is 22.0 Å². The van der Waals surface area contributed by atoms with E-state index >= 15 is 0 Å². The number of benzene rings is 2. The highest BCUT2D eigenvalue weighted by Crippen LogP contribution is 2.42. The van der Waals surface area contributed by atoms with Crippen LogP contribution in [0.2, 0.25) is 5.02 Å². The Balaban J connectivity index is 0.00000259. The SMILES string of the molecule is Cc1cc(C(O)=C2C(=O)Nc3cc(Cl)c(-c4ccc(N5CCN(C)CC5)cc4)cc32)on1.Cl. The van der Waals surface area contributed by atoms with Gasteiger partial charge in [0.25, 0.3) is 5.91 Å². The number of hydrogen-bond acceptors (Lipinski definition) is 6. The fraction of sp³-hybridized carbons (Fsp3) is 0.250. The minimum Gasteiger partial charge on any atom is -0.504 e. The molecule has 2 aliphatic heterocycles. The predicted octanol–water partition coefficient (Wildman–Crippen LogP) is 4.86. The number of carbonyl (C=O) groups excluding carboxylic acids is 1. The zero-order valence-corrected chi connectivity index (χ0v) is 19.8. The lowest BCUT2D eigenvalue weighted by Crippen LogP contribution is -2.44. The van der Waals surface area contributed by atoms with E-state index in [1.54, 1.807) is 19.1 Å². The summed E-state index contributed by atoms with van der Waals surface area (Å²) in [7, 11) is 2.14. The van der Waals surface area contributed by atoms with Crippen LogP contribution < -0.4 is 10.2 Å². The van der Waals surface area contributed by atoms with Crippen molar-refractivity contribution < 1.29 is 14.4 Å². The third-order valence-corrected chi connectivity index (χ3v) is 6.31. The second-order valence-corrected chi connectivity index (χ2v) is 8.63. The minimum absolute atomic E-state index is 0. The van der Waals surface area contributed by atoms with E-state index in [0.29, 0.717) is 22.0 Å². The van der Waals surface area contributed by atoms with Crippen LogP contribution in [0.3, 0.4) is 0 Å². The molecule has 0 bridgehead atoms. The Hall–Kier alpha value is -3.00. The van der Waals surface area contributed by atoms with E-state index in [-0.39, 0.29) is 29.5 Å². The van der Waals surface area contributed by atoms with E-state index < -0.39 is 5.91 Å². The van der Waals surface area contributed by atoms with E-state index in [4.69, 9.17) is 16.1 Å². The number of aromatic nitrogens is 1. The maximum absolute atomic E-state index is 12.6. The highest BCUT2D eigenvalue weighted by molar-refractivity contribution is 6.38. The lowest BCUT2D eigenvalue weighted by Gasteiger charge is -2.34. The van der Waals surface area contributed by atoms with E-state index in [1.165, 1.54) is 5.69 Å². The maximum atomic E-state index is 12.6. The topological polar surface area (TPSA) is 81.8 Å². The summed E-state index contributed by atoms with van der Waals surface area (Å²) in [6, 6.07) is 13.4. The molecule has 5 rings (SSSR count). The van der Waals surface area contributed by atoms with E-state index in [2.05, 4.69) is 39.5 Å². The van der Waals surface area contributed by atoms with Gasteiger partial charge < -0.3 is 24.7 Å². The summed E-state index contributed by atoms with van der Waals surface area (Å²) in [5, 5.41) is 17.8. The van der Waals surface area contributed by atoms with Gasteiger partial charge in [-0.3, -0.25) is 4.79 Å². The molecule has 1 saturated heterocycles. The largest absolute Gasteiger partial charge is 0.504 e. The van der Waals surface area contributed by atoms with Gasteiger partial charge in [0, 0.05) is 49.1 Å². The van der Waals surface area contributed by atoms with Crippen molar-refractivity contribution in [3.8, 4) is 11.1 Å². The average molecular weight is 487 g/mol. The number of carbonyl (C=O) groups is 1. The zero-order valence-electron chi connectivity index (χ0n) is 18.3. The van der Waals surface area contributed by atoms with Crippen molar-refractivity contribution in [3.05, 3.63) is 64.5 Å². The molecule has 0 atom stereocenters. The number of nitrogens with one attached hydrogen (secondary N) is 1. The molecular weight excluding hydrogens is 463 g/mol. The van der Waals surface area contributed by atoms with Crippen LogP contribution in [0.25, 0.3) is 22.5 Å². The molecule has 2 aliphatic rings. The molecule has 0 spiro atoms. The van der Waals surface area contributed by atoms with Gasteiger partial charge in [0.1, 0.15) is 0 Å². The molecule has 0 saturated carbocycles. The number of likely N-dealkylation sites (N-methyl/N-ethyl adjacent to an activating group) is 1. The number of rotatable bonds is 3. The van der Waals surface area contributed by atoms with E-state index in [1.807, 2.05) is 18.2 Å². The Labute approximate surface area is 203 Å². The number of aliphatic hydroxyl groups excluding tert-OH is 1. The summed E-state index contributed by atoms with van der Waals surface area (Å²) >= 11 is 6.57. The smallest absolute Gasteiger partial charge is 0.260 e. The molecule has 9 heteroatoms. The molecular formula is C24H24Cl2N4O3. The molecule has 0 unspecified atom stereocenters. The molecule has 172 valence electrons. The van der Waals surface area contributed by atoms with Crippen molar-refractivity contribution in [3.63, 3.8) is 0 Å². The van der Waals surface area contributed by atoms with Gasteiger partial charge in [0.2, 0.25) is 5.76 Å². The Kier molecular flexibility index (Phi) is 6.38. The van der Waals surface area contributed by atoms with Gasteiger partial charge in [-0.05, 0) is 43.8 Å². The lowest BCUT2D eigenvalue weighted by molar-refractivity contribution is -0.110. The highest BCUT2D eigenvalue weighted by Gasteiger charge is 2.31. The molecule has 3 heterocycles. The summed E-state index contributed by atoms with van der Waals surface area (Å²) in [4.78, 5) is 17.3. The normalized spacial score (nSPS) is 17.4. The summed E-state index contributed by atoms with van der Waals surface area (Å²) in [6.45, 7) is 5.83. The number of anilines is 2. The van der Waals surface area contributed by atoms with Crippen molar-refractivity contribution >= 4 is 52.6 Å². The fourth-order valence-corrected chi connectivity index (χ4v) is 4.43. The van der Waals surface area contributed by atoms with Gasteiger partial charge in [-0.15, -0.1) is 12.4 Å². The molecule has 1 fully saturated rings. The predicted molar refractivity (Wildman–Crippen MR) is 133 cm³/mol. The molecule has 2 N–H and O–H groups in total. The van der Waals surface area contributed by atoms with Crippen LogP contribution in [0, 0.1) is 6.92 Å². The first-order chi connectivity index (χ1) is 15.4. The first-order valence-corrected chi connectivity index (χ1v) is 10.8. The Morgan fingerprint density at radius 1 is 1.09 bits per heavy atom. The van der Waals surface area contributed by atoms with Crippen LogP contribution in [0.15, 0.2) is 47.0 Å². The third-order valence-electron chi connectivity index (χ3n) is 6.00. The van der Waals surface area contributed by atoms with Crippen molar-refractivity contribution in [1.29, 1.82) is 0 Å². The molecule has 33 heavy (non-hydrogen) atoms. The van der Waals surface area contributed by atoms with E-state index in [9.17, 15) is 9.90 Å². The molecule has 1 amide bonds. The van der Waals surface area contributed by atoms with Gasteiger partial charge in [0.15, 0.2) is 5.76 Å². The van der Waals surface area contributed by atoms with Crippen LogP contribution in [0.4, 0.5) is 11.4 Å². The van der Waals surface area contributed by atoms with Crippen LogP contribution >= 0.6 is 24.0 Å². The standard InChI is InChI=1S/C24H23ClN4O3.ClH/c1-14-11-21(32-27-14)23(30)22-18-12-17(19(25)13-20(18)26-24(22)31)15-3-5-16(6-4-15)29-9-7-28(2)8-10-29;/h3-6,11-13,30H,7-10H2,1-2H3,(H,26,31);1H. The Bertz CT molecular complexity index is 1230. The van der Waals surface area contributed by atoms with Gasteiger partial charge >= 0.3 is 0 Å². The minimum atomic E-state index is -0.412. The van der Waals surface area contributed by atoms with Gasteiger partial charge in [-0.25, -0.2) is 0 Å². The summed E-state index contributed by atoms with van der Waals surface area (Å²) in [5.41, 5.74) is 4.77. The summed E-state index contributed by atoms with van der Waals surface area (Å²) < 4.78 is 5.15. The van der Waals surface area contributed by atoms with Crippen molar-refractivity contribution in [2.75, 3.05) is 43.4 Å². The maximum Gasteiger partial charge on any atom is 0.260 e. The van der Waals surface area contributed by atoms with Crippen LogP contribution in [0.1, 0.15) is 17.0 Å². The van der Waals surface area contributed by atoms with E-state index in [0.717, 1.165) is 37.3 Å². The summed E-state index contributed by atoms with van der Waals surface area (Å²) in [6.07, 6.45) is 0. The highest BCUT2D eigenvalue weighted by atomic mass is 35.5. The third kappa shape index (κ3) is 4.31. The summed E-state index contributed by atoms with van der Waals surface area (Å²) in [5.74, 6) is -0.515. The number of hydrogen-bond donors (Lipinski definition) is 2. The molecule has 2 aromatic carbocycles. The Morgan fingerprint density at radius 2 is 1.79 bits per heavy atom. The quantitative estimate of drug-likeness (QED) is 0.406. The van der Waals surface area contributed by atoms with Gasteiger partial charge in [-0.2, -0.15) is 0 Å². The fourth-order valence-electron chi connectivity index (χ4n) is 4.16. The monoisotopic (exact) mass is 486 g/mol. The van der Waals surface area contributed by atoms with Crippen molar-refractivity contribution in [2.24, 2.45) is 0 Å². The second-order valence-electron chi connectivity index (χ2n) is 8.23. The van der Waals surface area contributed by atoms with Crippen LogP contribution in [0.5, 0.6) is 0 Å². The van der Waals surface area contributed by atoms with Crippen LogP contribution in [-0.4, -0.2) is 54.3 Å². The first-order valence-electron chi connectivity index (χ1n) is 10.5.